The summed E-state index contributed by atoms with van der Waals surface area (Å²) >= 11 is 0. The third-order valence-electron chi connectivity index (χ3n) is 2.31. The van der Waals surface area contributed by atoms with Crippen LogP contribution in [0, 0.1) is 0 Å². The first-order valence-corrected chi connectivity index (χ1v) is 13.1. The number of alkyl halides is 3. The van der Waals surface area contributed by atoms with Crippen molar-refractivity contribution in [3.8, 4) is 0 Å². The Bertz CT molecular complexity index is 336. The Labute approximate surface area is 119 Å². The zero-order valence-electron chi connectivity index (χ0n) is 12.0. The van der Waals surface area contributed by atoms with E-state index >= 15 is 0 Å². The van der Waals surface area contributed by atoms with Gasteiger partial charge in [-0.05, 0) is 31.4 Å². The molecule has 20 heavy (non-hydrogen) atoms. The highest BCUT2D eigenvalue weighted by atomic mass is 28.5. The third kappa shape index (κ3) is 8.31. The fourth-order valence-corrected chi connectivity index (χ4v) is 9.56. The number of halogens is 3. The van der Waals surface area contributed by atoms with Crippen LogP contribution in [0.25, 0.3) is 0 Å². The van der Waals surface area contributed by atoms with Crippen molar-refractivity contribution >= 4 is 25.9 Å². The van der Waals surface area contributed by atoms with E-state index < -0.39 is 38.5 Å². The van der Waals surface area contributed by atoms with Crippen molar-refractivity contribution in [2.45, 2.75) is 38.3 Å². The second-order valence-electron chi connectivity index (χ2n) is 4.94. The first kappa shape index (κ1) is 20.0. The quantitative estimate of drug-likeness (QED) is 0.656. The van der Waals surface area contributed by atoms with Crippen LogP contribution in [0.5, 0.6) is 0 Å². The van der Waals surface area contributed by atoms with Crippen molar-refractivity contribution in [2.75, 3.05) is 7.11 Å². The van der Waals surface area contributed by atoms with Gasteiger partial charge in [0.05, 0.1) is 0 Å². The van der Waals surface area contributed by atoms with Gasteiger partial charge in [-0.3, -0.25) is 0 Å². The molecule has 0 saturated carbocycles. The van der Waals surface area contributed by atoms with E-state index in [2.05, 4.69) is 6.58 Å². The summed E-state index contributed by atoms with van der Waals surface area (Å²) < 4.78 is 52.4. The number of rotatable bonds is 8. The van der Waals surface area contributed by atoms with Gasteiger partial charge < -0.3 is 22.2 Å². The standard InChI is InChI=1S/C9H21F3O5Si3/c1-6-20(14,16-18(3,4)13)17-19(5,15-2)8-7-9(10,11)12/h6,13-14H,1,7-8H2,2-5H3. The van der Waals surface area contributed by atoms with Crippen molar-refractivity contribution in [1.82, 2.24) is 0 Å². The second-order valence-corrected chi connectivity index (χ2v) is 14.3. The molecule has 0 aliphatic carbocycles. The molecular weight excluding hydrogens is 329 g/mol. The molecule has 2 unspecified atom stereocenters. The van der Waals surface area contributed by atoms with Crippen LogP contribution >= 0.6 is 0 Å². The highest BCUT2D eigenvalue weighted by Crippen LogP contribution is 2.29. The molecule has 2 atom stereocenters. The fourth-order valence-electron chi connectivity index (χ4n) is 1.33. The van der Waals surface area contributed by atoms with Crippen LogP contribution in [0.3, 0.4) is 0 Å². The number of hydrogen-bond acceptors (Lipinski definition) is 5. The van der Waals surface area contributed by atoms with Gasteiger partial charge in [0.2, 0.25) is 0 Å². The maximum absolute atomic E-state index is 12.3. The minimum absolute atomic E-state index is 0.382. The van der Waals surface area contributed by atoms with Gasteiger partial charge in [0.25, 0.3) is 0 Å². The van der Waals surface area contributed by atoms with Gasteiger partial charge in [0, 0.05) is 13.5 Å². The van der Waals surface area contributed by atoms with E-state index in [1.807, 2.05) is 0 Å². The fraction of sp³-hybridized carbons (Fsp3) is 0.778. The van der Waals surface area contributed by atoms with Crippen LogP contribution in [0.15, 0.2) is 12.3 Å². The van der Waals surface area contributed by atoms with E-state index in [1.54, 1.807) is 0 Å². The van der Waals surface area contributed by atoms with Crippen molar-refractivity contribution in [3.63, 3.8) is 0 Å². The summed E-state index contributed by atoms with van der Waals surface area (Å²) in [6, 6.07) is -0.382. The molecule has 0 aliphatic heterocycles. The lowest BCUT2D eigenvalue weighted by Gasteiger charge is -2.35. The lowest BCUT2D eigenvalue weighted by atomic mass is 10.5. The van der Waals surface area contributed by atoms with E-state index in [4.69, 9.17) is 12.7 Å². The molecule has 0 rings (SSSR count). The maximum atomic E-state index is 12.3. The Balaban J connectivity index is 4.92. The summed E-state index contributed by atoms with van der Waals surface area (Å²) in [6.45, 7) is 7.56. The van der Waals surface area contributed by atoms with Crippen molar-refractivity contribution < 1.29 is 35.4 Å². The molecule has 0 saturated heterocycles. The van der Waals surface area contributed by atoms with Crippen molar-refractivity contribution in [3.05, 3.63) is 12.3 Å². The van der Waals surface area contributed by atoms with Gasteiger partial charge in [0.1, 0.15) is 0 Å². The lowest BCUT2D eigenvalue weighted by molar-refractivity contribution is -0.131. The molecule has 2 N–H and O–H groups in total. The van der Waals surface area contributed by atoms with Crippen LogP contribution in [0.2, 0.25) is 25.7 Å². The lowest BCUT2D eigenvalue weighted by Crippen LogP contribution is -2.57. The van der Waals surface area contributed by atoms with E-state index in [1.165, 1.54) is 26.8 Å². The Hall–Kier alpha value is -0.0194. The molecule has 0 aromatic carbocycles. The summed E-state index contributed by atoms with van der Waals surface area (Å²) in [5.74, 6) is 0. The molecule has 5 nitrogen and oxygen atoms in total. The molecule has 0 amide bonds. The van der Waals surface area contributed by atoms with Gasteiger partial charge >= 0.3 is 32.1 Å². The second kappa shape index (κ2) is 6.83. The van der Waals surface area contributed by atoms with E-state index in [0.717, 1.165) is 5.70 Å². The largest absolute Gasteiger partial charge is 0.508 e. The molecule has 0 fully saturated rings. The van der Waals surface area contributed by atoms with Crippen LogP contribution in [0.1, 0.15) is 6.42 Å². The summed E-state index contributed by atoms with van der Waals surface area (Å²) in [6.07, 6.45) is -5.42. The highest BCUT2D eigenvalue weighted by molar-refractivity contribution is 6.84. The highest BCUT2D eigenvalue weighted by Gasteiger charge is 2.48. The minimum atomic E-state index is -4.34. The van der Waals surface area contributed by atoms with Crippen LogP contribution in [0.4, 0.5) is 13.2 Å². The molecule has 120 valence electrons. The Morgan fingerprint density at radius 1 is 1.15 bits per heavy atom. The average Bonchev–Trinajstić information content (AvgIpc) is 2.23. The van der Waals surface area contributed by atoms with Gasteiger partial charge in [0.15, 0.2) is 0 Å². The summed E-state index contributed by atoms with van der Waals surface area (Å²) in [7, 11) is -9.15. The summed E-state index contributed by atoms with van der Waals surface area (Å²) in [5, 5.41) is 0. The maximum Gasteiger partial charge on any atom is 0.508 e. The molecular formula is C9H21F3O5Si3. The molecule has 0 radical (unpaired) electrons. The zero-order valence-corrected chi connectivity index (χ0v) is 15.0. The predicted molar refractivity (Wildman–Crippen MR) is 74.1 cm³/mol. The van der Waals surface area contributed by atoms with Gasteiger partial charge in [-0.2, -0.15) is 13.2 Å². The Morgan fingerprint density at radius 2 is 1.65 bits per heavy atom. The molecule has 0 aromatic heterocycles. The molecule has 11 heteroatoms. The molecule has 0 aromatic rings. The Kier molecular flexibility index (Phi) is 6.82. The normalized spacial score (nSPS) is 19.2. The molecule has 0 aliphatic rings. The van der Waals surface area contributed by atoms with Gasteiger partial charge in [-0.15, -0.1) is 0 Å². The van der Waals surface area contributed by atoms with Gasteiger partial charge in [-0.1, -0.05) is 6.58 Å². The first-order chi connectivity index (χ1) is 8.74. The molecule has 0 spiro atoms. The minimum Gasteiger partial charge on any atom is -0.411 e. The van der Waals surface area contributed by atoms with Crippen LogP contribution < -0.4 is 0 Å². The SMILES string of the molecule is C=C[Si](O)(O[Si](C)(C)O)O[Si](C)(CCC(F)(F)F)OC. The molecule has 0 bridgehead atoms. The first-order valence-electron chi connectivity index (χ1n) is 5.85. The van der Waals surface area contributed by atoms with Crippen molar-refractivity contribution in [2.24, 2.45) is 0 Å². The van der Waals surface area contributed by atoms with E-state index in [9.17, 15) is 22.8 Å². The zero-order chi connectivity index (χ0) is 16.2. The molecule has 0 heterocycles. The van der Waals surface area contributed by atoms with Crippen molar-refractivity contribution in [1.29, 1.82) is 0 Å². The summed E-state index contributed by atoms with van der Waals surface area (Å²) in [5.41, 5.74) is 1.01. The van der Waals surface area contributed by atoms with Gasteiger partial charge in [-0.25, -0.2) is 0 Å². The topological polar surface area (TPSA) is 68.2 Å². The predicted octanol–water partition coefficient (Wildman–Crippen LogP) is 2.04. The monoisotopic (exact) mass is 350 g/mol. The van der Waals surface area contributed by atoms with Crippen LogP contribution in [-0.4, -0.2) is 48.8 Å². The third-order valence-corrected chi connectivity index (χ3v) is 10.9. The van der Waals surface area contributed by atoms with E-state index in [-0.39, 0.29) is 6.04 Å². The average molecular weight is 351 g/mol. The Morgan fingerprint density at radius 3 is 1.95 bits per heavy atom. The smallest absolute Gasteiger partial charge is 0.411 e. The van der Waals surface area contributed by atoms with Crippen LogP contribution in [-0.2, 0) is 12.7 Å². The number of hydrogen-bond donors (Lipinski definition) is 2. The van der Waals surface area contributed by atoms with E-state index in [0.29, 0.717) is 0 Å². The summed E-state index contributed by atoms with van der Waals surface area (Å²) in [4.78, 5) is 19.8.